The van der Waals surface area contributed by atoms with Crippen molar-refractivity contribution in [3.63, 3.8) is 0 Å². The lowest BCUT2D eigenvalue weighted by Crippen LogP contribution is -2.27. The number of hydrogen-bond donors (Lipinski definition) is 1. The summed E-state index contributed by atoms with van der Waals surface area (Å²) in [5.41, 5.74) is 0.0185. The molecule has 0 aromatic heterocycles. The van der Waals surface area contributed by atoms with Crippen molar-refractivity contribution >= 4 is 23.2 Å². The second-order valence-corrected chi connectivity index (χ2v) is 4.53. The maximum Gasteiger partial charge on any atom is 0.261 e. The van der Waals surface area contributed by atoms with Crippen LogP contribution in [0.4, 0.5) is 14.5 Å². The van der Waals surface area contributed by atoms with E-state index in [4.69, 9.17) is 11.6 Å². The third-order valence-corrected chi connectivity index (χ3v) is 3.07. The van der Waals surface area contributed by atoms with Crippen molar-refractivity contribution in [2.45, 2.75) is 0 Å². The zero-order valence-electron chi connectivity index (χ0n) is 10.4. The van der Waals surface area contributed by atoms with Crippen molar-refractivity contribution in [2.24, 2.45) is 0 Å². The predicted molar refractivity (Wildman–Crippen MR) is 72.2 cm³/mol. The summed E-state index contributed by atoms with van der Waals surface area (Å²) in [5, 5.41) is 8.79. The number of carbonyl (C=O) groups is 1. The van der Waals surface area contributed by atoms with Crippen molar-refractivity contribution < 1.29 is 18.7 Å². The van der Waals surface area contributed by atoms with Crippen LogP contribution in [0, 0.1) is 11.6 Å². The number of nitrogens with zero attached hydrogens (tertiary/aromatic N) is 1. The minimum atomic E-state index is -0.896. The summed E-state index contributed by atoms with van der Waals surface area (Å²) in [6.45, 7) is 0. The van der Waals surface area contributed by atoms with Crippen LogP contribution in [0.5, 0.6) is 5.75 Å². The van der Waals surface area contributed by atoms with Crippen LogP contribution in [-0.4, -0.2) is 18.1 Å². The van der Waals surface area contributed by atoms with Crippen molar-refractivity contribution in [3.8, 4) is 5.75 Å². The Morgan fingerprint density at radius 1 is 1.15 bits per heavy atom. The first-order valence-corrected chi connectivity index (χ1v) is 5.99. The SMILES string of the molecule is CN(C(=O)c1cc(F)c(Cl)cc1F)c1ccc(O)cc1. The Morgan fingerprint density at radius 3 is 2.35 bits per heavy atom. The van der Waals surface area contributed by atoms with Crippen LogP contribution in [0.25, 0.3) is 0 Å². The lowest BCUT2D eigenvalue weighted by atomic mass is 10.1. The van der Waals surface area contributed by atoms with Gasteiger partial charge in [0.25, 0.3) is 5.91 Å². The number of phenolic OH excluding ortho intramolecular Hbond substituents is 1. The molecule has 0 saturated heterocycles. The summed E-state index contributed by atoms with van der Waals surface area (Å²) in [7, 11) is 1.42. The Bertz CT molecular complexity index is 659. The standard InChI is InChI=1S/C14H10ClF2NO2/c1-18(8-2-4-9(19)5-3-8)14(20)10-6-13(17)11(15)7-12(10)16/h2-7,19H,1H3. The van der Waals surface area contributed by atoms with E-state index in [2.05, 4.69) is 0 Å². The summed E-state index contributed by atoms with van der Waals surface area (Å²) >= 11 is 5.44. The van der Waals surface area contributed by atoms with Crippen LogP contribution in [-0.2, 0) is 0 Å². The lowest BCUT2D eigenvalue weighted by molar-refractivity contribution is 0.0988. The van der Waals surface area contributed by atoms with Gasteiger partial charge in [-0.1, -0.05) is 11.6 Å². The maximum atomic E-state index is 13.7. The molecule has 1 N–H and O–H groups in total. The number of carbonyl (C=O) groups excluding carboxylic acids is 1. The summed E-state index contributed by atoms with van der Waals surface area (Å²) < 4.78 is 27.0. The highest BCUT2D eigenvalue weighted by molar-refractivity contribution is 6.30. The molecule has 6 heteroatoms. The molecule has 0 aliphatic rings. The van der Waals surface area contributed by atoms with Gasteiger partial charge in [0.2, 0.25) is 0 Å². The predicted octanol–water partition coefficient (Wildman–Crippen LogP) is 3.60. The average Bonchev–Trinajstić information content (AvgIpc) is 2.42. The van der Waals surface area contributed by atoms with Gasteiger partial charge in [-0.15, -0.1) is 0 Å². The van der Waals surface area contributed by atoms with E-state index in [0.29, 0.717) is 5.69 Å². The number of phenols is 1. The molecule has 0 unspecified atom stereocenters. The Morgan fingerprint density at radius 2 is 1.75 bits per heavy atom. The van der Waals surface area contributed by atoms with Gasteiger partial charge in [-0.2, -0.15) is 0 Å². The molecule has 0 aliphatic heterocycles. The fraction of sp³-hybridized carbons (Fsp3) is 0.0714. The van der Waals surface area contributed by atoms with E-state index in [0.717, 1.165) is 17.0 Å². The Kier molecular flexibility index (Phi) is 3.90. The second kappa shape index (κ2) is 5.46. The first kappa shape index (κ1) is 14.3. The minimum absolute atomic E-state index is 0.0401. The van der Waals surface area contributed by atoms with Crippen LogP contribution in [0.3, 0.4) is 0 Å². The Labute approximate surface area is 119 Å². The topological polar surface area (TPSA) is 40.5 Å². The van der Waals surface area contributed by atoms with Gasteiger partial charge in [0, 0.05) is 12.7 Å². The summed E-state index contributed by atoms with van der Waals surface area (Å²) in [6.07, 6.45) is 0. The van der Waals surface area contributed by atoms with Gasteiger partial charge in [0.15, 0.2) is 0 Å². The molecule has 104 valence electrons. The normalized spacial score (nSPS) is 10.4. The van der Waals surface area contributed by atoms with Gasteiger partial charge in [-0.05, 0) is 36.4 Å². The van der Waals surface area contributed by atoms with Gasteiger partial charge >= 0.3 is 0 Å². The molecule has 0 atom stereocenters. The quantitative estimate of drug-likeness (QED) is 0.860. The molecule has 2 rings (SSSR count). The Hall–Kier alpha value is -2.14. The van der Waals surface area contributed by atoms with Crippen LogP contribution in [0.2, 0.25) is 5.02 Å². The van der Waals surface area contributed by atoms with E-state index >= 15 is 0 Å². The van der Waals surface area contributed by atoms with Gasteiger partial charge < -0.3 is 10.0 Å². The molecule has 20 heavy (non-hydrogen) atoms. The van der Waals surface area contributed by atoms with Crippen molar-refractivity contribution in [3.05, 3.63) is 58.6 Å². The molecule has 0 saturated carbocycles. The second-order valence-electron chi connectivity index (χ2n) is 4.13. The van der Waals surface area contributed by atoms with Crippen molar-refractivity contribution in [2.75, 3.05) is 11.9 Å². The van der Waals surface area contributed by atoms with E-state index in [9.17, 15) is 18.7 Å². The molecule has 1 amide bonds. The summed E-state index contributed by atoms with van der Waals surface area (Å²) in [5.74, 6) is -2.44. The maximum absolute atomic E-state index is 13.7. The molecule has 0 spiro atoms. The first-order chi connectivity index (χ1) is 9.40. The fourth-order valence-electron chi connectivity index (χ4n) is 1.66. The molecule has 0 aliphatic carbocycles. The number of rotatable bonds is 2. The fourth-order valence-corrected chi connectivity index (χ4v) is 1.81. The van der Waals surface area contributed by atoms with Crippen LogP contribution in [0.15, 0.2) is 36.4 Å². The van der Waals surface area contributed by atoms with E-state index in [-0.39, 0.29) is 10.8 Å². The third-order valence-electron chi connectivity index (χ3n) is 2.78. The molecule has 0 fully saturated rings. The largest absolute Gasteiger partial charge is 0.508 e. The molecule has 0 bridgehead atoms. The van der Waals surface area contributed by atoms with E-state index in [1.54, 1.807) is 0 Å². The van der Waals surface area contributed by atoms with Crippen molar-refractivity contribution in [1.29, 1.82) is 0 Å². The molecular formula is C14H10ClF2NO2. The average molecular weight is 298 g/mol. The number of amides is 1. The number of halogens is 3. The van der Waals surface area contributed by atoms with Crippen molar-refractivity contribution in [1.82, 2.24) is 0 Å². The highest BCUT2D eigenvalue weighted by atomic mass is 35.5. The number of aromatic hydroxyl groups is 1. The monoisotopic (exact) mass is 297 g/mol. The van der Waals surface area contributed by atoms with Crippen LogP contribution in [0.1, 0.15) is 10.4 Å². The van der Waals surface area contributed by atoms with Gasteiger partial charge in [-0.25, -0.2) is 8.78 Å². The van der Waals surface area contributed by atoms with Gasteiger partial charge in [0.05, 0.1) is 10.6 Å². The molecular weight excluding hydrogens is 288 g/mol. The van der Waals surface area contributed by atoms with Gasteiger partial charge in [0.1, 0.15) is 17.4 Å². The smallest absolute Gasteiger partial charge is 0.261 e. The van der Waals surface area contributed by atoms with E-state index in [1.165, 1.54) is 31.3 Å². The summed E-state index contributed by atoms with van der Waals surface area (Å²) in [4.78, 5) is 13.3. The lowest BCUT2D eigenvalue weighted by Gasteiger charge is -2.18. The zero-order chi connectivity index (χ0) is 14.9. The van der Waals surface area contributed by atoms with E-state index in [1.807, 2.05) is 0 Å². The van der Waals surface area contributed by atoms with Gasteiger partial charge in [-0.3, -0.25) is 4.79 Å². The molecule has 0 heterocycles. The van der Waals surface area contributed by atoms with E-state index < -0.39 is 23.1 Å². The van der Waals surface area contributed by atoms with Crippen LogP contribution >= 0.6 is 11.6 Å². The molecule has 3 nitrogen and oxygen atoms in total. The number of anilines is 1. The summed E-state index contributed by atoms with van der Waals surface area (Å²) in [6, 6.07) is 7.26. The number of hydrogen-bond acceptors (Lipinski definition) is 2. The first-order valence-electron chi connectivity index (χ1n) is 5.62. The molecule has 2 aromatic rings. The molecule has 2 aromatic carbocycles. The minimum Gasteiger partial charge on any atom is -0.508 e. The third kappa shape index (κ3) is 2.72. The Balaban J connectivity index is 2.36. The molecule has 0 radical (unpaired) electrons. The zero-order valence-corrected chi connectivity index (χ0v) is 11.2. The number of benzene rings is 2. The van der Waals surface area contributed by atoms with Crippen LogP contribution < -0.4 is 4.90 Å². The highest BCUT2D eigenvalue weighted by Crippen LogP contribution is 2.23. The highest BCUT2D eigenvalue weighted by Gasteiger charge is 2.19.